The van der Waals surface area contributed by atoms with Gasteiger partial charge in [-0.05, 0) is 27.2 Å². The van der Waals surface area contributed by atoms with Gasteiger partial charge in [-0.25, -0.2) is 0 Å². The lowest BCUT2D eigenvalue weighted by molar-refractivity contribution is -0.160. The number of hydrogen-bond donors (Lipinski definition) is 2. The van der Waals surface area contributed by atoms with E-state index in [4.69, 9.17) is 14.7 Å². The van der Waals surface area contributed by atoms with E-state index in [1.54, 1.807) is 20.8 Å². The molecule has 0 aliphatic rings. The summed E-state index contributed by atoms with van der Waals surface area (Å²) < 4.78 is 20.0. The molecule has 78 valence electrons. The summed E-state index contributed by atoms with van der Waals surface area (Å²) in [4.78, 5) is 8.45. The lowest BCUT2D eigenvalue weighted by Crippen LogP contribution is -2.27. The van der Waals surface area contributed by atoms with Crippen molar-refractivity contribution in [2.45, 2.75) is 39.1 Å². The molecule has 0 fully saturated rings. The Hall–Kier alpha value is -0.0600. The van der Waals surface area contributed by atoms with Gasteiger partial charge in [-0.15, -0.1) is 4.89 Å². The van der Waals surface area contributed by atoms with Crippen molar-refractivity contribution >= 4 is 8.25 Å². The Morgan fingerprint density at radius 3 is 2.46 bits per heavy atom. The number of aliphatic hydroxyl groups is 1. The van der Waals surface area contributed by atoms with E-state index in [1.165, 1.54) is 0 Å². The molecule has 0 aliphatic carbocycles. The quantitative estimate of drug-likeness (QED) is 0.509. The normalized spacial score (nSPS) is 15.6. The smallest absolute Gasteiger partial charge is 0.393 e. The Bertz CT molecular complexity index is 168. The van der Waals surface area contributed by atoms with Gasteiger partial charge < -0.3 is 9.84 Å². The number of aliphatic hydroxyl groups excluding tert-OH is 1. The highest BCUT2D eigenvalue weighted by atomic mass is 31.1. The third kappa shape index (κ3) is 8.28. The molecule has 2 unspecified atom stereocenters. The van der Waals surface area contributed by atoms with E-state index >= 15 is 0 Å². The molecule has 0 spiro atoms. The van der Waals surface area contributed by atoms with Crippen LogP contribution in [0.4, 0.5) is 0 Å². The van der Waals surface area contributed by atoms with Gasteiger partial charge >= 0.3 is 8.25 Å². The molecule has 0 bridgehead atoms. The van der Waals surface area contributed by atoms with Crippen LogP contribution in [0.3, 0.4) is 0 Å². The fraction of sp³-hybridized carbons (Fsp3) is 1.00. The highest BCUT2D eigenvalue weighted by Gasteiger charge is 2.31. The number of ether oxygens (including phenoxy) is 1. The molecule has 2 N–H and O–H groups in total. The number of hydrogen-bond acceptors (Lipinski definition) is 4. The summed E-state index contributed by atoms with van der Waals surface area (Å²) in [7, 11) is -2.66. The zero-order valence-corrected chi connectivity index (χ0v) is 8.95. The first-order valence-electron chi connectivity index (χ1n) is 4.01. The van der Waals surface area contributed by atoms with Crippen LogP contribution in [0.25, 0.3) is 0 Å². The average molecular weight is 211 g/mol. The first kappa shape index (κ1) is 12.9. The minimum atomic E-state index is -2.66. The van der Waals surface area contributed by atoms with Crippen LogP contribution in [0.15, 0.2) is 0 Å². The minimum Gasteiger partial charge on any atom is -0.393 e. The van der Waals surface area contributed by atoms with Crippen LogP contribution >= 0.6 is 8.25 Å². The zero-order valence-electron chi connectivity index (χ0n) is 8.06. The standard InChI is InChI=1S/C7H15O5P/c1-6(8)4-5-11-7(2,3)12-13(9)10/h6,8H,4-5H2,1-3H3/p+1. The summed E-state index contributed by atoms with van der Waals surface area (Å²) in [6, 6.07) is 0. The molecule has 0 rings (SSSR count). The molecule has 0 aromatic heterocycles. The van der Waals surface area contributed by atoms with Gasteiger partial charge in [-0.3, -0.25) is 0 Å². The molecule has 0 saturated heterocycles. The van der Waals surface area contributed by atoms with Crippen molar-refractivity contribution in [3.05, 3.63) is 0 Å². The molecule has 0 radical (unpaired) electrons. The van der Waals surface area contributed by atoms with Crippen LogP contribution in [-0.4, -0.2) is 28.5 Å². The van der Waals surface area contributed by atoms with Crippen molar-refractivity contribution in [1.29, 1.82) is 0 Å². The Labute approximate surface area is 78.6 Å². The molecule has 13 heavy (non-hydrogen) atoms. The Morgan fingerprint density at radius 1 is 1.54 bits per heavy atom. The maximum Gasteiger partial charge on any atom is 0.697 e. The molecule has 0 saturated carbocycles. The second-order valence-corrected chi connectivity index (χ2v) is 3.87. The molecule has 0 amide bonds. The summed E-state index contributed by atoms with van der Waals surface area (Å²) in [5, 5.41) is 8.90. The van der Waals surface area contributed by atoms with Crippen molar-refractivity contribution in [1.82, 2.24) is 0 Å². The molecule has 0 heterocycles. The van der Waals surface area contributed by atoms with Crippen molar-refractivity contribution in [3.63, 3.8) is 0 Å². The summed E-state index contributed by atoms with van der Waals surface area (Å²) >= 11 is 0. The van der Waals surface area contributed by atoms with E-state index in [1.807, 2.05) is 0 Å². The maximum atomic E-state index is 10.3. The van der Waals surface area contributed by atoms with E-state index in [-0.39, 0.29) is 6.61 Å². The predicted octanol–water partition coefficient (Wildman–Crippen LogP) is 1.18. The fourth-order valence-electron chi connectivity index (χ4n) is 0.690. The van der Waals surface area contributed by atoms with E-state index in [2.05, 4.69) is 4.52 Å². The van der Waals surface area contributed by atoms with Gasteiger partial charge in [-0.1, -0.05) is 4.52 Å². The van der Waals surface area contributed by atoms with E-state index < -0.39 is 20.1 Å². The van der Waals surface area contributed by atoms with E-state index in [9.17, 15) is 4.57 Å². The number of rotatable bonds is 6. The van der Waals surface area contributed by atoms with Crippen molar-refractivity contribution in [3.8, 4) is 0 Å². The van der Waals surface area contributed by atoms with Gasteiger partial charge in [0.1, 0.15) is 0 Å². The van der Waals surface area contributed by atoms with Gasteiger partial charge in [0.2, 0.25) is 5.79 Å². The Morgan fingerprint density at radius 2 is 2.08 bits per heavy atom. The van der Waals surface area contributed by atoms with Gasteiger partial charge in [-0.2, -0.15) is 0 Å². The first-order valence-corrected chi connectivity index (χ1v) is 5.14. The SMILES string of the molecule is CC(O)CCOC(C)(C)O[P+](=O)O. The maximum absolute atomic E-state index is 10.3. The van der Waals surface area contributed by atoms with Crippen LogP contribution in [0, 0.1) is 0 Å². The second kappa shape index (κ2) is 5.62. The fourth-order valence-corrected chi connectivity index (χ4v) is 1.12. The monoisotopic (exact) mass is 211 g/mol. The summed E-state index contributed by atoms with van der Waals surface area (Å²) in [5.41, 5.74) is 0. The molecule has 0 aliphatic heterocycles. The highest BCUT2D eigenvalue weighted by molar-refractivity contribution is 7.32. The van der Waals surface area contributed by atoms with Gasteiger partial charge in [0, 0.05) is 4.57 Å². The topological polar surface area (TPSA) is 76.0 Å². The molecule has 5 nitrogen and oxygen atoms in total. The van der Waals surface area contributed by atoms with E-state index in [0.717, 1.165) is 0 Å². The molecular formula is C7H16O5P+. The van der Waals surface area contributed by atoms with Crippen molar-refractivity contribution < 1.29 is 23.8 Å². The minimum absolute atomic E-state index is 0.286. The molecule has 6 heteroatoms. The lowest BCUT2D eigenvalue weighted by atomic mass is 10.3. The molecule has 0 aromatic carbocycles. The molecule has 0 aromatic rings. The first-order chi connectivity index (χ1) is 5.83. The van der Waals surface area contributed by atoms with Crippen LogP contribution < -0.4 is 0 Å². The third-order valence-electron chi connectivity index (χ3n) is 1.28. The third-order valence-corrected chi connectivity index (χ3v) is 1.88. The molecule has 2 atom stereocenters. The average Bonchev–Trinajstić information content (AvgIpc) is 1.81. The lowest BCUT2D eigenvalue weighted by Gasteiger charge is -2.18. The van der Waals surface area contributed by atoms with E-state index in [0.29, 0.717) is 6.42 Å². The van der Waals surface area contributed by atoms with Crippen LogP contribution in [0.1, 0.15) is 27.2 Å². The largest absolute Gasteiger partial charge is 0.697 e. The van der Waals surface area contributed by atoms with Gasteiger partial charge in [0.25, 0.3) is 0 Å². The van der Waals surface area contributed by atoms with Gasteiger partial charge in [0.05, 0.1) is 12.7 Å². The van der Waals surface area contributed by atoms with Crippen LogP contribution in [0.2, 0.25) is 0 Å². The van der Waals surface area contributed by atoms with Crippen LogP contribution in [0.5, 0.6) is 0 Å². The summed E-state index contributed by atoms with van der Waals surface area (Å²) in [6.45, 7) is 5.01. The van der Waals surface area contributed by atoms with Crippen LogP contribution in [-0.2, 0) is 13.8 Å². The van der Waals surface area contributed by atoms with Crippen molar-refractivity contribution in [2.24, 2.45) is 0 Å². The highest BCUT2D eigenvalue weighted by Crippen LogP contribution is 2.26. The Kier molecular flexibility index (Phi) is 5.60. The zero-order chi connectivity index (χ0) is 10.5. The van der Waals surface area contributed by atoms with Gasteiger partial charge in [0.15, 0.2) is 0 Å². The molecular weight excluding hydrogens is 195 g/mol. The summed E-state index contributed by atoms with van der Waals surface area (Å²) in [5.74, 6) is -1.09. The summed E-state index contributed by atoms with van der Waals surface area (Å²) in [6.07, 6.45) is 0.0216. The van der Waals surface area contributed by atoms with Crippen molar-refractivity contribution in [2.75, 3.05) is 6.61 Å². The Balaban J connectivity index is 3.69. The second-order valence-electron chi connectivity index (χ2n) is 3.22. The predicted molar refractivity (Wildman–Crippen MR) is 47.2 cm³/mol.